The van der Waals surface area contributed by atoms with Crippen LogP contribution in [0.25, 0.3) is 0 Å². The van der Waals surface area contributed by atoms with Crippen molar-refractivity contribution in [1.82, 2.24) is 5.32 Å². The first kappa shape index (κ1) is 16.5. The molecule has 22 heavy (non-hydrogen) atoms. The van der Waals surface area contributed by atoms with Crippen molar-refractivity contribution in [1.29, 1.82) is 0 Å². The fourth-order valence-electron chi connectivity index (χ4n) is 2.35. The van der Waals surface area contributed by atoms with Gasteiger partial charge in [-0.3, -0.25) is 4.79 Å². The largest absolute Gasteiger partial charge is 0.349 e. The summed E-state index contributed by atoms with van der Waals surface area (Å²) in [6.07, 6.45) is 1.81. The molecule has 0 heterocycles. The highest BCUT2D eigenvalue weighted by Crippen LogP contribution is 2.23. The van der Waals surface area contributed by atoms with Gasteiger partial charge in [0.1, 0.15) is 0 Å². The van der Waals surface area contributed by atoms with Crippen molar-refractivity contribution in [3.05, 3.63) is 70.7 Å². The molecular weight excluding hydrogens is 296 g/mol. The van der Waals surface area contributed by atoms with Gasteiger partial charge in [0.05, 0.1) is 6.04 Å². The molecule has 4 heteroatoms. The Morgan fingerprint density at radius 2 is 1.77 bits per heavy atom. The zero-order chi connectivity index (χ0) is 15.8. The van der Waals surface area contributed by atoms with Crippen LogP contribution >= 0.6 is 11.6 Å². The first-order valence-corrected chi connectivity index (χ1v) is 7.86. The van der Waals surface area contributed by atoms with Gasteiger partial charge in [-0.15, -0.1) is 0 Å². The third-order valence-corrected chi connectivity index (χ3v) is 3.90. The topological polar surface area (TPSA) is 55.1 Å². The minimum atomic E-state index is -0.0913. The van der Waals surface area contributed by atoms with E-state index in [-0.39, 0.29) is 11.9 Å². The third kappa shape index (κ3) is 4.86. The van der Waals surface area contributed by atoms with E-state index in [1.807, 2.05) is 54.6 Å². The number of halogens is 1. The molecule has 2 aromatic rings. The number of nitrogens with one attached hydrogen (secondary N) is 1. The number of amides is 1. The highest BCUT2D eigenvalue weighted by atomic mass is 35.5. The number of carbonyl (C=O) groups is 1. The molecule has 3 N–H and O–H groups in total. The molecule has 0 spiro atoms. The predicted octanol–water partition coefficient (Wildman–Crippen LogP) is 3.48. The van der Waals surface area contributed by atoms with Crippen molar-refractivity contribution in [3.8, 4) is 0 Å². The van der Waals surface area contributed by atoms with Gasteiger partial charge in [0.15, 0.2) is 0 Å². The third-order valence-electron chi connectivity index (χ3n) is 3.53. The molecule has 0 saturated heterocycles. The lowest BCUT2D eigenvalue weighted by atomic mass is 9.98. The second-order valence-electron chi connectivity index (χ2n) is 5.22. The minimum Gasteiger partial charge on any atom is -0.349 e. The van der Waals surface area contributed by atoms with E-state index in [4.69, 9.17) is 17.3 Å². The van der Waals surface area contributed by atoms with Crippen molar-refractivity contribution >= 4 is 17.5 Å². The Hall–Kier alpha value is -1.84. The molecule has 1 unspecified atom stereocenters. The Bertz CT molecular complexity index is 601. The fraction of sp³-hybridized carbons (Fsp3) is 0.278. The van der Waals surface area contributed by atoms with Gasteiger partial charge in [-0.1, -0.05) is 60.1 Å². The summed E-state index contributed by atoms with van der Waals surface area (Å²) < 4.78 is 0. The standard InChI is InChI=1S/C18H21ClN2O/c19-16-10-5-4-9-15(16)13-17(14-7-2-1-3-8-14)21-18(22)11-6-12-20/h1-5,7-10,17H,6,11-13,20H2,(H,21,22). The summed E-state index contributed by atoms with van der Waals surface area (Å²) in [5, 5.41) is 3.81. The lowest BCUT2D eigenvalue weighted by Gasteiger charge is -2.20. The van der Waals surface area contributed by atoms with Gasteiger partial charge in [0.25, 0.3) is 0 Å². The number of nitrogens with two attached hydrogens (primary N) is 1. The van der Waals surface area contributed by atoms with Crippen LogP contribution in [0.2, 0.25) is 5.02 Å². The Balaban J connectivity index is 2.15. The molecule has 3 nitrogen and oxygen atoms in total. The maximum Gasteiger partial charge on any atom is 0.220 e. The first-order chi connectivity index (χ1) is 10.7. The van der Waals surface area contributed by atoms with Crippen LogP contribution in [-0.2, 0) is 11.2 Å². The second-order valence-corrected chi connectivity index (χ2v) is 5.63. The average Bonchev–Trinajstić information content (AvgIpc) is 2.55. The highest BCUT2D eigenvalue weighted by molar-refractivity contribution is 6.31. The summed E-state index contributed by atoms with van der Waals surface area (Å²) >= 11 is 6.25. The molecule has 0 aliphatic heterocycles. The van der Waals surface area contributed by atoms with E-state index in [9.17, 15) is 4.79 Å². The molecule has 0 saturated carbocycles. The molecule has 0 bridgehead atoms. The molecule has 0 aliphatic rings. The molecule has 2 aromatic carbocycles. The van der Waals surface area contributed by atoms with Crippen LogP contribution < -0.4 is 11.1 Å². The second kappa shape index (κ2) is 8.57. The highest BCUT2D eigenvalue weighted by Gasteiger charge is 2.16. The summed E-state index contributed by atoms with van der Waals surface area (Å²) in [4.78, 5) is 12.1. The fourth-order valence-corrected chi connectivity index (χ4v) is 2.56. The smallest absolute Gasteiger partial charge is 0.220 e. The van der Waals surface area contributed by atoms with Crippen molar-refractivity contribution in [3.63, 3.8) is 0 Å². The normalized spacial score (nSPS) is 11.9. The molecule has 116 valence electrons. The molecule has 1 atom stereocenters. The van der Waals surface area contributed by atoms with Crippen LogP contribution in [0, 0.1) is 0 Å². The molecular formula is C18H21ClN2O. The zero-order valence-corrected chi connectivity index (χ0v) is 13.2. The molecule has 0 aromatic heterocycles. The van der Waals surface area contributed by atoms with Crippen molar-refractivity contribution < 1.29 is 4.79 Å². The van der Waals surface area contributed by atoms with E-state index in [2.05, 4.69) is 5.32 Å². The Morgan fingerprint density at radius 1 is 1.09 bits per heavy atom. The van der Waals surface area contributed by atoms with Crippen LogP contribution in [0.4, 0.5) is 0 Å². The number of hydrogen-bond acceptors (Lipinski definition) is 2. The van der Waals surface area contributed by atoms with Crippen LogP contribution in [0.5, 0.6) is 0 Å². The van der Waals surface area contributed by atoms with E-state index < -0.39 is 0 Å². The summed E-state index contributed by atoms with van der Waals surface area (Å²) in [5.74, 6) is 0.0198. The van der Waals surface area contributed by atoms with Gasteiger partial charge in [-0.2, -0.15) is 0 Å². The Labute approximate surface area is 136 Å². The molecule has 2 rings (SSSR count). The van der Waals surface area contributed by atoms with Crippen LogP contribution in [0.15, 0.2) is 54.6 Å². The molecule has 0 radical (unpaired) electrons. The van der Waals surface area contributed by atoms with Gasteiger partial charge < -0.3 is 11.1 Å². The summed E-state index contributed by atoms with van der Waals surface area (Å²) in [7, 11) is 0. The Morgan fingerprint density at radius 3 is 2.45 bits per heavy atom. The van der Waals surface area contributed by atoms with E-state index in [1.54, 1.807) is 0 Å². The van der Waals surface area contributed by atoms with E-state index in [0.717, 1.165) is 16.1 Å². The van der Waals surface area contributed by atoms with Gasteiger partial charge in [-0.05, 0) is 36.6 Å². The first-order valence-electron chi connectivity index (χ1n) is 7.48. The SMILES string of the molecule is NCCCC(=O)NC(Cc1ccccc1Cl)c1ccccc1. The van der Waals surface area contributed by atoms with E-state index in [0.29, 0.717) is 25.8 Å². The summed E-state index contributed by atoms with van der Waals surface area (Å²) in [5.41, 5.74) is 7.56. The van der Waals surface area contributed by atoms with Crippen molar-refractivity contribution in [2.24, 2.45) is 5.73 Å². The van der Waals surface area contributed by atoms with Crippen LogP contribution in [-0.4, -0.2) is 12.5 Å². The number of benzene rings is 2. The lowest BCUT2D eigenvalue weighted by molar-refractivity contribution is -0.121. The van der Waals surface area contributed by atoms with Crippen LogP contribution in [0.3, 0.4) is 0 Å². The van der Waals surface area contributed by atoms with Gasteiger partial charge >= 0.3 is 0 Å². The van der Waals surface area contributed by atoms with Crippen molar-refractivity contribution in [2.45, 2.75) is 25.3 Å². The summed E-state index contributed by atoms with van der Waals surface area (Å²) in [6, 6.07) is 17.6. The van der Waals surface area contributed by atoms with Gasteiger partial charge in [0, 0.05) is 11.4 Å². The molecule has 0 aliphatic carbocycles. The number of carbonyl (C=O) groups excluding carboxylic acids is 1. The van der Waals surface area contributed by atoms with E-state index >= 15 is 0 Å². The van der Waals surface area contributed by atoms with Gasteiger partial charge in [0.2, 0.25) is 5.91 Å². The quantitative estimate of drug-likeness (QED) is 0.821. The summed E-state index contributed by atoms with van der Waals surface area (Å²) in [6.45, 7) is 0.522. The molecule has 0 fully saturated rings. The number of hydrogen-bond donors (Lipinski definition) is 2. The Kier molecular flexibility index (Phi) is 6.44. The zero-order valence-electron chi connectivity index (χ0n) is 12.5. The maximum atomic E-state index is 12.1. The predicted molar refractivity (Wildman–Crippen MR) is 90.8 cm³/mol. The minimum absolute atomic E-state index is 0.0198. The monoisotopic (exact) mass is 316 g/mol. The van der Waals surface area contributed by atoms with Crippen molar-refractivity contribution in [2.75, 3.05) is 6.54 Å². The number of rotatable bonds is 7. The molecule has 1 amide bonds. The van der Waals surface area contributed by atoms with Gasteiger partial charge in [-0.25, -0.2) is 0 Å². The average molecular weight is 317 g/mol. The maximum absolute atomic E-state index is 12.1. The lowest BCUT2D eigenvalue weighted by Crippen LogP contribution is -2.30. The van der Waals surface area contributed by atoms with Crippen LogP contribution in [0.1, 0.15) is 30.0 Å². The van der Waals surface area contributed by atoms with E-state index in [1.165, 1.54) is 0 Å².